The smallest absolute Gasteiger partial charge is 0.308 e. The van der Waals surface area contributed by atoms with Gasteiger partial charge in [0, 0.05) is 5.92 Å². The molecule has 19 heavy (non-hydrogen) atoms. The second-order valence-electron chi connectivity index (χ2n) is 5.15. The number of amides is 1. The Bertz CT molecular complexity index is 454. The fourth-order valence-corrected chi connectivity index (χ4v) is 2.24. The van der Waals surface area contributed by atoms with Gasteiger partial charge in [0.05, 0.1) is 12.0 Å². The Hall–Kier alpha value is -1.84. The third kappa shape index (κ3) is 3.13. The van der Waals surface area contributed by atoms with Crippen LogP contribution < -0.4 is 5.32 Å². The van der Waals surface area contributed by atoms with Crippen molar-refractivity contribution in [2.24, 2.45) is 11.8 Å². The highest BCUT2D eigenvalue weighted by Crippen LogP contribution is 2.29. The topological polar surface area (TPSA) is 66.4 Å². The molecule has 1 amide bonds. The number of hydrogen-bond donors (Lipinski definition) is 2. The van der Waals surface area contributed by atoms with Gasteiger partial charge in [0.25, 0.3) is 0 Å². The van der Waals surface area contributed by atoms with E-state index in [-0.39, 0.29) is 11.8 Å². The molecule has 1 unspecified atom stereocenters. The monoisotopic (exact) mass is 261 g/mol. The van der Waals surface area contributed by atoms with Crippen molar-refractivity contribution in [2.75, 3.05) is 0 Å². The summed E-state index contributed by atoms with van der Waals surface area (Å²) in [6.45, 7) is 1.63. The van der Waals surface area contributed by atoms with E-state index in [1.807, 2.05) is 30.3 Å². The quantitative estimate of drug-likeness (QED) is 0.855. The molecule has 1 aromatic carbocycles. The van der Waals surface area contributed by atoms with Crippen LogP contribution in [-0.2, 0) is 9.59 Å². The van der Waals surface area contributed by atoms with Gasteiger partial charge in [-0.25, -0.2) is 0 Å². The third-order valence-electron chi connectivity index (χ3n) is 3.82. The van der Waals surface area contributed by atoms with Gasteiger partial charge in [0.2, 0.25) is 5.91 Å². The second-order valence-corrected chi connectivity index (χ2v) is 5.15. The number of carbonyl (C=O) groups is 2. The first-order valence-electron chi connectivity index (χ1n) is 6.67. The molecule has 0 spiro atoms. The first kappa shape index (κ1) is 13.6. The maximum absolute atomic E-state index is 12.0. The SMILES string of the molecule is CC(C(=O)O)[C@H](NC(=O)C1CCC1)c1ccccc1. The molecule has 0 aliphatic heterocycles. The lowest BCUT2D eigenvalue weighted by molar-refractivity contribution is -0.142. The zero-order chi connectivity index (χ0) is 13.8. The third-order valence-corrected chi connectivity index (χ3v) is 3.82. The Balaban J connectivity index is 2.14. The van der Waals surface area contributed by atoms with Gasteiger partial charge in [0.15, 0.2) is 0 Å². The number of hydrogen-bond acceptors (Lipinski definition) is 2. The predicted molar refractivity (Wildman–Crippen MR) is 71.5 cm³/mol. The molecule has 0 saturated heterocycles. The number of carbonyl (C=O) groups excluding carboxylic acids is 1. The minimum Gasteiger partial charge on any atom is -0.481 e. The molecule has 1 aliphatic carbocycles. The van der Waals surface area contributed by atoms with Crippen LogP contribution in [0.3, 0.4) is 0 Å². The Kier molecular flexibility index (Phi) is 4.20. The number of carboxylic acids is 1. The van der Waals surface area contributed by atoms with E-state index >= 15 is 0 Å². The van der Waals surface area contributed by atoms with E-state index in [4.69, 9.17) is 0 Å². The van der Waals surface area contributed by atoms with Crippen molar-refractivity contribution in [3.8, 4) is 0 Å². The number of carboxylic acid groups (broad SMARTS) is 1. The summed E-state index contributed by atoms with van der Waals surface area (Å²) in [4.78, 5) is 23.2. The molecule has 4 heteroatoms. The number of nitrogens with one attached hydrogen (secondary N) is 1. The lowest BCUT2D eigenvalue weighted by Gasteiger charge is -2.29. The minimum absolute atomic E-state index is 0.0202. The summed E-state index contributed by atoms with van der Waals surface area (Å²) in [6.07, 6.45) is 2.91. The van der Waals surface area contributed by atoms with Crippen LogP contribution in [0.1, 0.15) is 37.8 Å². The summed E-state index contributed by atoms with van der Waals surface area (Å²) in [5.41, 5.74) is 0.838. The fraction of sp³-hybridized carbons (Fsp3) is 0.467. The van der Waals surface area contributed by atoms with Gasteiger partial charge in [0.1, 0.15) is 0 Å². The molecule has 4 nitrogen and oxygen atoms in total. The van der Waals surface area contributed by atoms with Crippen molar-refractivity contribution in [2.45, 2.75) is 32.2 Å². The molecule has 0 radical (unpaired) electrons. The Morgan fingerprint density at radius 2 is 1.89 bits per heavy atom. The Morgan fingerprint density at radius 3 is 2.37 bits per heavy atom. The molecule has 102 valence electrons. The molecule has 2 atom stereocenters. The van der Waals surface area contributed by atoms with Gasteiger partial charge in [-0.2, -0.15) is 0 Å². The number of rotatable bonds is 5. The largest absolute Gasteiger partial charge is 0.481 e. The highest BCUT2D eigenvalue weighted by molar-refractivity contribution is 5.81. The molecule has 0 bridgehead atoms. The van der Waals surface area contributed by atoms with Gasteiger partial charge in [-0.1, -0.05) is 36.8 Å². The summed E-state index contributed by atoms with van der Waals surface area (Å²) < 4.78 is 0. The van der Waals surface area contributed by atoms with E-state index in [1.54, 1.807) is 6.92 Å². The van der Waals surface area contributed by atoms with Crippen molar-refractivity contribution >= 4 is 11.9 Å². The van der Waals surface area contributed by atoms with Gasteiger partial charge >= 0.3 is 5.97 Å². The first-order chi connectivity index (χ1) is 9.09. The lowest BCUT2D eigenvalue weighted by atomic mass is 9.84. The first-order valence-corrected chi connectivity index (χ1v) is 6.67. The van der Waals surface area contributed by atoms with E-state index in [0.29, 0.717) is 0 Å². The second kappa shape index (κ2) is 5.87. The van der Waals surface area contributed by atoms with E-state index in [9.17, 15) is 14.7 Å². The van der Waals surface area contributed by atoms with Crippen LogP contribution in [0.5, 0.6) is 0 Å². The number of aliphatic carboxylic acids is 1. The van der Waals surface area contributed by atoms with Crippen molar-refractivity contribution in [1.82, 2.24) is 5.32 Å². The molecule has 1 saturated carbocycles. The van der Waals surface area contributed by atoms with Crippen LogP contribution in [-0.4, -0.2) is 17.0 Å². The molecule has 2 N–H and O–H groups in total. The molecule has 0 heterocycles. The standard InChI is InChI=1S/C15H19NO3/c1-10(15(18)19)13(11-6-3-2-4-7-11)16-14(17)12-8-5-9-12/h2-4,6-7,10,12-13H,5,8-9H2,1H3,(H,16,17)(H,18,19)/t10?,13-/m0/s1. The van der Waals surface area contributed by atoms with Crippen molar-refractivity contribution < 1.29 is 14.7 Å². The molecular formula is C15H19NO3. The Labute approximate surface area is 112 Å². The summed E-state index contributed by atoms with van der Waals surface area (Å²) >= 11 is 0. The van der Waals surface area contributed by atoms with E-state index in [0.717, 1.165) is 24.8 Å². The van der Waals surface area contributed by atoms with Crippen molar-refractivity contribution in [1.29, 1.82) is 0 Å². The number of benzene rings is 1. The molecule has 1 aromatic rings. The maximum Gasteiger partial charge on any atom is 0.308 e. The molecular weight excluding hydrogens is 242 g/mol. The Morgan fingerprint density at radius 1 is 1.26 bits per heavy atom. The zero-order valence-electron chi connectivity index (χ0n) is 11.0. The van der Waals surface area contributed by atoms with Crippen molar-refractivity contribution in [3.05, 3.63) is 35.9 Å². The average molecular weight is 261 g/mol. The van der Waals surface area contributed by atoms with E-state index in [1.165, 1.54) is 0 Å². The van der Waals surface area contributed by atoms with Gasteiger partial charge in [-0.15, -0.1) is 0 Å². The van der Waals surface area contributed by atoms with Crippen molar-refractivity contribution in [3.63, 3.8) is 0 Å². The van der Waals surface area contributed by atoms with E-state index < -0.39 is 17.9 Å². The summed E-state index contributed by atoms with van der Waals surface area (Å²) in [5.74, 6) is -1.51. The van der Waals surface area contributed by atoms with Crippen LogP contribution in [0.15, 0.2) is 30.3 Å². The van der Waals surface area contributed by atoms with Gasteiger partial charge in [-0.05, 0) is 25.3 Å². The molecule has 0 aromatic heterocycles. The lowest BCUT2D eigenvalue weighted by Crippen LogP contribution is -2.40. The van der Waals surface area contributed by atoms with Gasteiger partial charge < -0.3 is 10.4 Å². The predicted octanol–water partition coefficient (Wildman–Crippen LogP) is 2.36. The fourth-order valence-electron chi connectivity index (χ4n) is 2.24. The molecule has 1 aliphatic rings. The highest BCUT2D eigenvalue weighted by atomic mass is 16.4. The highest BCUT2D eigenvalue weighted by Gasteiger charge is 2.31. The normalized spacial score (nSPS) is 18.2. The maximum atomic E-state index is 12.0. The molecule has 2 rings (SSSR count). The van der Waals surface area contributed by atoms with Crippen LogP contribution >= 0.6 is 0 Å². The van der Waals surface area contributed by atoms with Crippen LogP contribution in [0.4, 0.5) is 0 Å². The van der Waals surface area contributed by atoms with Crippen LogP contribution in [0.2, 0.25) is 0 Å². The van der Waals surface area contributed by atoms with Gasteiger partial charge in [-0.3, -0.25) is 9.59 Å². The zero-order valence-corrected chi connectivity index (χ0v) is 11.0. The average Bonchev–Trinajstić information content (AvgIpc) is 2.34. The summed E-state index contributed by atoms with van der Waals surface area (Å²) in [5, 5.41) is 12.1. The summed E-state index contributed by atoms with van der Waals surface area (Å²) in [6, 6.07) is 8.82. The van der Waals surface area contributed by atoms with Crippen LogP contribution in [0, 0.1) is 11.8 Å². The van der Waals surface area contributed by atoms with Crippen LogP contribution in [0.25, 0.3) is 0 Å². The minimum atomic E-state index is -0.900. The van der Waals surface area contributed by atoms with E-state index in [2.05, 4.69) is 5.32 Å². The summed E-state index contributed by atoms with van der Waals surface area (Å²) in [7, 11) is 0. The molecule has 1 fully saturated rings.